The zero-order valence-corrected chi connectivity index (χ0v) is 17.0. The first kappa shape index (κ1) is 23.7. The van der Waals surface area contributed by atoms with E-state index < -0.39 is 44.2 Å². The van der Waals surface area contributed by atoms with Crippen molar-refractivity contribution in [1.29, 1.82) is 0 Å². The summed E-state index contributed by atoms with van der Waals surface area (Å²) in [5.41, 5.74) is -0.366. The van der Waals surface area contributed by atoms with E-state index in [9.17, 15) is 27.6 Å². The molecular weight excluding hydrogens is 397 g/mol. The van der Waals surface area contributed by atoms with E-state index in [-0.39, 0.29) is 43.7 Å². The van der Waals surface area contributed by atoms with Crippen molar-refractivity contribution in [2.45, 2.75) is 58.9 Å². The number of hydrogen-bond donors (Lipinski definition) is 0. The van der Waals surface area contributed by atoms with Crippen molar-refractivity contribution in [3.63, 3.8) is 0 Å². The Kier molecular flexibility index (Phi) is 9.16. The van der Waals surface area contributed by atoms with Crippen molar-refractivity contribution >= 4 is 26.7 Å². The molecule has 0 amide bonds. The second-order valence-corrected chi connectivity index (χ2v) is 8.35. The lowest BCUT2D eigenvalue weighted by atomic mass is 10.1. The summed E-state index contributed by atoms with van der Waals surface area (Å²) in [6.07, 6.45) is -0.393. The van der Waals surface area contributed by atoms with E-state index in [0.717, 1.165) is 0 Å². The Labute approximate surface area is 162 Å². The van der Waals surface area contributed by atoms with Crippen molar-refractivity contribution in [3.05, 3.63) is 35.1 Å². The summed E-state index contributed by atoms with van der Waals surface area (Å²) in [5, 5.41) is 0. The fourth-order valence-corrected chi connectivity index (χ4v) is 4.76. The molecule has 0 saturated heterocycles. The van der Waals surface area contributed by atoms with Crippen LogP contribution in [0, 0.1) is 17.5 Å². The van der Waals surface area contributed by atoms with Gasteiger partial charge in [-0.25, -0.2) is 13.2 Å². The van der Waals surface area contributed by atoms with Crippen molar-refractivity contribution < 1.29 is 40.8 Å². The molecular formula is C18H23F3O6Si. The fraction of sp³-hybridized carbons (Fsp3) is 0.500. The van der Waals surface area contributed by atoms with E-state index in [1.165, 1.54) is 20.8 Å². The molecule has 0 heterocycles. The van der Waals surface area contributed by atoms with E-state index in [0.29, 0.717) is 12.1 Å². The van der Waals surface area contributed by atoms with E-state index in [2.05, 4.69) is 0 Å². The van der Waals surface area contributed by atoms with Gasteiger partial charge in [0.05, 0.1) is 6.04 Å². The molecule has 0 atom stereocenters. The summed E-state index contributed by atoms with van der Waals surface area (Å²) in [7, 11) is -4.11. The smallest absolute Gasteiger partial charge is 0.455 e. The topological polar surface area (TPSA) is 78.9 Å². The first-order chi connectivity index (χ1) is 13.2. The number of carbonyl (C=O) groups is 3. The molecule has 0 fully saturated rings. The highest BCUT2D eigenvalue weighted by molar-refractivity contribution is 6.65. The number of halogens is 3. The molecule has 0 bridgehead atoms. The third-order valence-electron chi connectivity index (χ3n) is 3.69. The van der Waals surface area contributed by atoms with Crippen LogP contribution in [0.25, 0.3) is 0 Å². The first-order valence-corrected chi connectivity index (χ1v) is 10.9. The molecule has 1 aromatic rings. The molecule has 0 aromatic heterocycles. The Morgan fingerprint density at radius 3 is 1.57 bits per heavy atom. The number of benzene rings is 1. The molecule has 0 saturated carbocycles. The molecule has 0 aliphatic heterocycles. The quantitative estimate of drug-likeness (QED) is 0.535. The minimum absolute atomic E-state index is 0.0311. The molecule has 1 rings (SSSR count). The highest BCUT2D eigenvalue weighted by Crippen LogP contribution is 2.24. The molecule has 156 valence electrons. The van der Waals surface area contributed by atoms with Gasteiger partial charge in [0.15, 0.2) is 0 Å². The van der Waals surface area contributed by atoms with E-state index >= 15 is 0 Å². The van der Waals surface area contributed by atoms with Crippen molar-refractivity contribution in [2.24, 2.45) is 0 Å². The summed E-state index contributed by atoms with van der Waals surface area (Å²) in [6, 6.07) is 0.884. The normalized spacial score (nSPS) is 11.1. The molecule has 0 aliphatic rings. The van der Waals surface area contributed by atoms with Gasteiger partial charge in [-0.15, -0.1) is 0 Å². The lowest BCUT2D eigenvalue weighted by Gasteiger charge is -2.27. The van der Waals surface area contributed by atoms with Crippen molar-refractivity contribution in [2.75, 3.05) is 0 Å². The summed E-state index contributed by atoms with van der Waals surface area (Å²) in [6.45, 7) is 4.52. The molecule has 0 radical (unpaired) electrons. The Hall–Kier alpha value is -2.36. The highest BCUT2D eigenvalue weighted by atomic mass is 28.4. The second-order valence-electron chi connectivity index (χ2n) is 5.87. The largest absolute Gasteiger partial charge is 0.705 e. The first-order valence-electron chi connectivity index (χ1n) is 8.95. The van der Waals surface area contributed by atoms with Gasteiger partial charge in [-0.3, -0.25) is 14.4 Å². The molecule has 28 heavy (non-hydrogen) atoms. The predicted molar refractivity (Wildman–Crippen MR) is 94.3 cm³/mol. The Bertz CT molecular complexity index is 657. The van der Waals surface area contributed by atoms with Gasteiger partial charge in [0.25, 0.3) is 17.9 Å². The number of carbonyl (C=O) groups excluding carboxylic acids is 3. The molecule has 0 spiro atoms. The van der Waals surface area contributed by atoms with E-state index in [4.69, 9.17) is 13.3 Å². The average Bonchev–Trinajstić information content (AvgIpc) is 2.63. The third-order valence-corrected chi connectivity index (χ3v) is 6.27. The number of hydrogen-bond acceptors (Lipinski definition) is 6. The zero-order chi connectivity index (χ0) is 21.3. The van der Waals surface area contributed by atoms with Crippen LogP contribution in [0.15, 0.2) is 12.1 Å². The minimum atomic E-state index is -4.11. The number of rotatable bonds is 10. The molecule has 0 unspecified atom stereocenters. The van der Waals surface area contributed by atoms with Crippen molar-refractivity contribution in [1.82, 2.24) is 0 Å². The molecule has 6 nitrogen and oxygen atoms in total. The highest BCUT2D eigenvalue weighted by Gasteiger charge is 2.52. The van der Waals surface area contributed by atoms with Gasteiger partial charge < -0.3 is 13.3 Å². The van der Waals surface area contributed by atoms with Gasteiger partial charge in [0.1, 0.15) is 17.5 Å². The van der Waals surface area contributed by atoms with Crippen LogP contribution in [0.3, 0.4) is 0 Å². The van der Waals surface area contributed by atoms with Crippen LogP contribution < -0.4 is 0 Å². The summed E-state index contributed by atoms with van der Waals surface area (Å²) in [5.74, 6) is -5.39. The lowest BCUT2D eigenvalue weighted by Crippen LogP contribution is -2.50. The zero-order valence-electron chi connectivity index (χ0n) is 16.0. The van der Waals surface area contributed by atoms with Crippen LogP contribution in [0.1, 0.15) is 52.0 Å². The predicted octanol–water partition coefficient (Wildman–Crippen LogP) is 3.84. The Balaban J connectivity index is 3.06. The summed E-state index contributed by atoms with van der Waals surface area (Å²) >= 11 is 0. The van der Waals surface area contributed by atoms with Gasteiger partial charge in [0, 0.05) is 37.0 Å². The van der Waals surface area contributed by atoms with Crippen LogP contribution in [0.5, 0.6) is 0 Å². The van der Waals surface area contributed by atoms with Gasteiger partial charge >= 0.3 is 8.80 Å². The minimum Gasteiger partial charge on any atom is -0.455 e. The van der Waals surface area contributed by atoms with Gasteiger partial charge in [-0.05, 0) is 12.8 Å². The maximum absolute atomic E-state index is 13.8. The van der Waals surface area contributed by atoms with Gasteiger partial charge in [-0.2, -0.15) is 0 Å². The molecule has 0 N–H and O–H groups in total. The second kappa shape index (κ2) is 10.8. The van der Waals surface area contributed by atoms with E-state index in [1.54, 1.807) is 0 Å². The SMILES string of the molecule is CCC(=O)O[Si](CCCc1c(F)cc(F)cc1F)(OC(=O)CC)OC(=O)CC. The summed E-state index contributed by atoms with van der Waals surface area (Å²) in [4.78, 5) is 35.4. The molecule has 1 aromatic carbocycles. The molecule has 10 heteroatoms. The third kappa shape index (κ3) is 6.99. The average molecular weight is 420 g/mol. The fourth-order valence-electron chi connectivity index (χ4n) is 2.25. The monoisotopic (exact) mass is 420 g/mol. The maximum Gasteiger partial charge on any atom is 0.705 e. The lowest BCUT2D eigenvalue weighted by molar-refractivity contribution is -0.150. The van der Waals surface area contributed by atoms with Gasteiger partial charge in [-0.1, -0.05) is 20.8 Å². The summed E-state index contributed by atoms with van der Waals surface area (Å²) < 4.78 is 56.3. The maximum atomic E-state index is 13.8. The molecule has 0 aliphatic carbocycles. The Morgan fingerprint density at radius 1 is 0.821 bits per heavy atom. The van der Waals surface area contributed by atoms with Crippen LogP contribution >= 0.6 is 0 Å². The Morgan fingerprint density at radius 2 is 1.21 bits per heavy atom. The van der Waals surface area contributed by atoms with Crippen molar-refractivity contribution in [3.8, 4) is 0 Å². The standard InChI is InChI=1S/C18H23F3O6Si/c1-4-16(22)25-28(26-17(23)5-2,27-18(24)6-3)9-7-8-13-14(20)10-12(19)11-15(13)21/h10-11H,4-9H2,1-3H3. The van der Waals surface area contributed by atoms with Crippen LogP contribution in [-0.2, 0) is 34.1 Å². The van der Waals surface area contributed by atoms with E-state index in [1.807, 2.05) is 0 Å². The van der Waals surface area contributed by atoms with Crippen LogP contribution in [0.4, 0.5) is 13.2 Å². The van der Waals surface area contributed by atoms with Crippen LogP contribution in [0.2, 0.25) is 6.04 Å². The van der Waals surface area contributed by atoms with Crippen LogP contribution in [-0.4, -0.2) is 26.7 Å². The van der Waals surface area contributed by atoms with Gasteiger partial charge in [0.2, 0.25) is 0 Å².